The first-order valence-electron chi connectivity index (χ1n) is 10.2. The van der Waals surface area contributed by atoms with E-state index < -0.39 is 11.6 Å². The first-order chi connectivity index (χ1) is 14.3. The van der Waals surface area contributed by atoms with Gasteiger partial charge in [-0.05, 0) is 51.0 Å². The zero-order chi connectivity index (χ0) is 21.3. The van der Waals surface area contributed by atoms with E-state index in [1.807, 2.05) is 13.8 Å². The molecule has 0 amide bonds. The Morgan fingerprint density at radius 1 is 1.20 bits per heavy atom. The number of benzene rings is 1. The molecule has 0 unspecified atom stereocenters. The van der Waals surface area contributed by atoms with Crippen LogP contribution in [-0.4, -0.2) is 45.1 Å². The molecule has 4 rings (SSSR count). The molecule has 1 aliphatic heterocycles. The summed E-state index contributed by atoms with van der Waals surface area (Å²) in [6, 6.07) is 8.41. The van der Waals surface area contributed by atoms with Gasteiger partial charge in [-0.3, -0.25) is 0 Å². The highest BCUT2D eigenvalue weighted by Gasteiger charge is 2.35. The number of nitrogens with two attached hydrogens (primary N) is 1. The summed E-state index contributed by atoms with van der Waals surface area (Å²) in [4.78, 5) is 23.6. The minimum atomic E-state index is -0.916. The van der Waals surface area contributed by atoms with Crippen LogP contribution in [0.4, 0.5) is 11.5 Å². The number of aromatic nitrogens is 2. The van der Waals surface area contributed by atoms with Gasteiger partial charge in [-0.25, -0.2) is 14.8 Å². The van der Waals surface area contributed by atoms with Gasteiger partial charge in [-0.1, -0.05) is 24.3 Å². The van der Waals surface area contributed by atoms with Crippen molar-refractivity contribution in [1.82, 2.24) is 9.97 Å². The van der Waals surface area contributed by atoms with Crippen molar-refractivity contribution in [2.45, 2.75) is 57.2 Å². The second-order valence-corrected chi connectivity index (χ2v) is 8.29. The average Bonchev–Trinajstić information content (AvgIpc) is 2.72. The van der Waals surface area contributed by atoms with Crippen molar-refractivity contribution < 1.29 is 19.4 Å². The van der Waals surface area contributed by atoms with Gasteiger partial charge in [0.1, 0.15) is 18.5 Å². The third-order valence-corrected chi connectivity index (χ3v) is 5.73. The molecule has 0 saturated heterocycles. The smallest absolute Gasteiger partial charge is 0.329 e. The molecule has 2 aliphatic rings. The highest BCUT2D eigenvalue weighted by atomic mass is 16.5. The lowest BCUT2D eigenvalue weighted by atomic mass is 9.82. The number of hydrogen-bond donors (Lipinski definition) is 2. The molecule has 158 valence electrons. The highest BCUT2D eigenvalue weighted by molar-refractivity contribution is 6.09. The largest absolute Gasteiger partial charge is 0.480 e. The summed E-state index contributed by atoms with van der Waals surface area (Å²) in [6.07, 6.45) is 5.15. The number of aliphatic carboxylic acids is 1. The number of rotatable bonds is 5. The van der Waals surface area contributed by atoms with E-state index in [1.54, 1.807) is 0 Å². The number of ether oxygens (including phenoxy) is 2. The number of hydrogen-bond acceptors (Lipinski definition) is 7. The summed E-state index contributed by atoms with van der Waals surface area (Å²) in [5.41, 5.74) is 8.81. The average molecular weight is 410 g/mol. The number of aliphatic imine (C=N–C) groups is 1. The van der Waals surface area contributed by atoms with E-state index in [2.05, 4.69) is 34.2 Å². The van der Waals surface area contributed by atoms with Gasteiger partial charge in [-0.2, -0.15) is 4.98 Å². The monoisotopic (exact) mass is 410 g/mol. The molecule has 2 heterocycles. The summed E-state index contributed by atoms with van der Waals surface area (Å²) in [7, 11) is 0. The van der Waals surface area contributed by atoms with E-state index in [0.29, 0.717) is 23.3 Å². The molecule has 0 bridgehead atoms. The molecule has 3 N–H and O–H groups in total. The number of carboxylic acid groups (broad SMARTS) is 1. The quantitative estimate of drug-likeness (QED) is 0.774. The van der Waals surface area contributed by atoms with Crippen LogP contribution in [0.2, 0.25) is 0 Å². The van der Waals surface area contributed by atoms with Crippen molar-refractivity contribution >= 4 is 23.2 Å². The Morgan fingerprint density at radius 2 is 1.90 bits per heavy atom. The van der Waals surface area contributed by atoms with Gasteiger partial charge >= 0.3 is 5.97 Å². The van der Waals surface area contributed by atoms with Crippen LogP contribution in [0.25, 0.3) is 0 Å². The van der Waals surface area contributed by atoms with E-state index in [0.717, 1.165) is 37.0 Å². The Balaban J connectivity index is 1.49. The minimum Gasteiger partial charge on any atom is -0.480 e. The topological polar surface area (TPSA) is 120 Å². The summed E-state index contributed by atoms with van der Waals surface area (Å²) in [5, 5.41) is 8.76. The van der Waals surface area contributed by atoms with Crippen LogP contribution >= 0.6 is 0 Å². The summed E-state index contributed by atoms with van der Waals surface area (Å²) < 4.78 is 11.5. The second kappa shape index (κ2) is 8.02. The highest BCUT2D eigenvalue weighted by Crippen LogP contribution is 2.39. The number of anilines is 1. The fourth-order valence-corrected chi connectivity index (χ4v) is 4.17. The Labute approximate surface area is 175 Å². The van der Waals surface area contributed by atoms with E-state index >= 15 is 0 Å². The van der Waals surface area contributed by atoms with Crippen molar-refractivity contribution in [2.75, 3.05) is 12.3 Å². The fourth-order valence-electron chi connectivity index (χ4n) is 4.17. The van der Waals surface area contributed by atoms with E-state index in [-0.39, 0.29) is 12.7 Å². The maximum Gasteiger partial charge on any atom is 0.329 e. The number of carbonyl (C=O) groups is 1. The molecule has 1 saturated carbocycles. The Bertz CT molecular complexity index is 964. The van der Waals surface area contributed by atoms with Crippen LogP contribution in [0.15, 0.2) is 35.6 Å². The van der Waals surface area contributed by atoms with Crippen LogP contribution in [-0.2, 0) is 9.53 Å². The third kappa shape index (κ3) is 4.14. The molecule has 0 spiro atoms. The standard InChI is InChI=1S/C22H26N4O4/c1-22(2)19(26-18-20(23)24-12-25-21(18)30-22)15-5-3-13(4-6-15)14-7-9-16(10-8-14)29-11-17(27)28/h3-6,12,14,16H,7-11H2,1-2H3,(H,27,28)(H2,23,24,25)/t14-,16-. The van der Waals surface area contributed by atoms with Gasteiger partial charge in [0, 0.05) is 5.56 Å². The molecular weight excluding hydrogens is 384 g/mol. The lowest BCUT2D eigenvalue weighted by Gasteiger charge is -2.32. The lowest BCUT2D eigenvalue weighted by Crippen LogP contribution is -2.41. The predicted octanol–water partition coefficient (Wildman–Crippen LogP) is 3.48. The van der Waals surface area contributed by atoms with Gasteiger partial charge in [0.25, 0.3) is 0 Å². The molecule has 8 heteroatoms. The molecule has 1 fully saturated rings. The SMILES string of the molecule is CC1(C)Oc2ncnc(N)c2N=C1c1ccc([C@H]2CC[C@H](OCC(=O)O)CC2)cc1. The van der Waals surface area contributed by atoms with Crippen LogP contribution in [0, 0.1) is 0 Å². The minimum absolute atomic E-state index is 0.0407. The van der Waals surface area contributed by atoms with Crippen molar-refractivity contribution in [2.24, 2.45) is 4.99 Å². The third-order valence-electron chi connectivity index (χ3n) is 5.73. The maximum atomic E-state index is 10.7. The molecule has 2 aromatic rings. The molecular formula is C22H26N4O4. The summed E-state index contributed by atoms with van der Waals surface area (Å²) in [6.45, 7) is 3.70. The zero-order valence-electron chi connectivity index (χ0n) is 17.2. The summed E-state index contributed by atoms with van der Waals surface area (Å²) in [5.74, 6) is 0.230. The number of nitrogens with zero attached hydrogens (tertiary/aromatic N) is 3. The van der Waals surface area contributed by atoms with Crippen molar-refractivity contribution in [1.29, 1.82) is 0 Å². The van der Waals surface area contributed by atoms with E-state index in [9.17, 15) is 4.79 Å². The molecule has 30 heavy (non-hydrogen) atoms. The van der Waals surface area contributed by atoms with Crippen LogP contribution in [0.5, 0.6) is 5.88 Å². The maximum absolute atomic E-state index is 10.7. The molecule has 1 aliphatic carbocycles. The fraction of sp³-hybridized carbons (Fsp3) is 0.455. The normalized spacial score (nSPS) is 22.5. The first-order valence-corrected chi connectivity index (χ1v) is 10.2. The van der Waals surface area contributed by atoms with E-state index in [1.165, 1.54) is 11.9 Å². The molecule has 0 radical (unpaired) electrons. The number of carboxylic acids is 1. The first kappa shape index (κ1) is 20.3. The van der Waals surface area contributed by atoms with Crippen molar-refractivity contribution in [3.8, 4) is 5.88 Å². The Hall–Kier alpha value is -3.00. The number of fused-ring (bicyclic) bond motifs is 1. The van der Waals surface area contributed by atoms with Gasteiger partial charge in [0.2, 0.25) is 5.88 Å². The molecule has 1 aromatic carbocycles. The lowest BCUT2D eigenvalue weighted by molar-refractivity contribution is -0.145. The Morgan fingerprint density at radius 3 is 2.57 bits per heavy atom. The second-order valence-electron chi connectivity index (χ2n) is 8.29. The molecule has 1 aromatic heterocycles. The van der Waals surface area contributed by atoms with Gasteiger partial charge in [0.05, 0.1) is 11.8 Å². The predicted molar refractivity (Wildman–Crippen MR) is 112 cm³/mol. The Kier molecular flexibility index (Phi) is 5.42. The van der Waals surface area contributed by atoms with Gasteiger partial charge in [-0.15, -0.1) is 0 Å². The van der Waals surface area contributed by atoms with Crippen molar-refractivity contribution in [3.63, 3.8) is 0 Å². The zero-order valence-corrected chi connectivity index (χ0v) is 17.2. The molecule has 8 nitrogen and oxygen atoms in total. The number of nitrogen functional groups attached to an aromatic ring is 1. The summed E-state index contributed by atoms with van der Waals surface area (Å²) >= 11 is 0. The van der Waals surface area contributed by atoms with Gasteiger partial charge < -0.3 is 20.3 Å². The van der Waals surface area contributed by atoms with Crippen molar-refractivity contribution in [3.05, 3.63) is 41.7 Å². The van der Waals surface area contributed by atoms with Crippen LogP contribution in [0.3, 0.4) is 0 Å². The molecule has 0 atom stereocenters. The van der Waals surface area contributed by atoms with E-state index in [4.69, 9.17) is 25.3 Å². The van der Waals surface area contributed by atoms with Crippen LogP contribution < -0.4 is 10.5 Å². The van der Waals surface area contributed by atoms with Gasteiger partial charge in [0.15, 0.2) is 11.5 Å². The van der Waals surface area contributed by atoms with Crippen LogP contribution in [0.1, 0.15) is 56.6 Å².